The second-order valence-electron chi connectivity index (χ2n) is 6.31. The Kier molecular flexibility index (Phi) is 4.31. The number of benzene rings is 3. The van der Waals surface area contributed by atoms with Gasteiger partial charge in [-0.1, -0.05) is 53.6 Å². The Morgan fingerprint density at radius 2 is 1.65 bits per heavy atom. The summed E-state index contributed by atoms with van der Waals surface area (Å²) in [6, 6.07) is 23.1. The molecule has 4 heteroatoms. The predicted molar refractivity (Wildman–Crippen MR) is 106 cm³/mol. The molecule has 0 amide bonds. The van der Waals surface area contributed by atoms with Crippen LogP contribution in [0.15, 0.2) is 72.8 Å². The van der Waals surface area contributed by atoms with Gasteiger partial charge in [-0.3, -0.25) is 4.79 Å². The molecule has 0 aliphatic carbocycles. The highest BCUT2D eigenvalue weighted by Gasteiger charge is 2.16. The zero-order valence-electron chi connectivity index (χ0n) is 14.3. The van der Waals surface area contributed by atoms with Crippen LogP contribution in [0.5, 0.6) is 0 Å². The van der Waals surface area contributed by atoms with Crippen LogP contribution in [-0.4, -0.2) is 15.3 Å². The Hall–Kier alpha value is -2.91. The molecule has 26 heavy (non-hydrogen) atoms. The van der Waals surface area contributed by atoms with E-state index in [1.54, 1.807) is 24.3 Å². The van der Waals surface area contributed by atoms with Gasteiger partial charge in [0.2, 0.25) is 0 Å². The molecule has 0 bridgehead atoms. The van der Waals surface area contributed by atoms with Gasteiger partial charge in [-0.2, -0.15) is 0 Å². The summed E-state index contributed by atoms with van der Waals surface area (Å²) in [5.41, 5.74) is 4.66. The Morgan fingerprint density at radius 3 is 2.38 bits per heavy atom. The first-order valence-corrected chi connectivity index (χ1v) is 8.81. The maximum absolute atomic E-state index is 12.8. The number of ketones is 1. The summed E-state index contributed by atoms with van der Waals surface area (Å²) in [6.45, 7) is 2.28. The van der Waals surface area contributed by atoms with Crippen LogP contribution in [0.1, 0.15) is 15.9 Å². The van der Waals surface area contributed by atoms with Crippen LogP contribution in [0, 0.1) is 6.92 Å². The topological polar surface area (TPSA) is 34.9 Å². The van der Waals surface area contributed by atoms with Gasteiger partial charge in [0.05, 0.1) is 17.6 Å². The van der Waals surface area contributed by atoms with Gasteiger partial charge >= 0.3 is 0 Å². The molecule has 1 aromatic heterocycles. The molecule has 0 N–H and O–H groups in total. The normalized spacial score (nSPS) is 11.0. The van der Waals surface area contributed by atoms with Crippen molar-refractivity contribution in [3.05, 3.63) is 88.9 Å². The minimum atomic E-state index is 0.0261. The summed E-state index contributed by atoms with van der Waals surface area (Å²) in [6.07, 6.45) is 0. The van der Waals surface area contributed by atoms with Crippen molar-refractivity contribution >= 4 is 28.4 Å². The number of carbonyl (C=O) groups is 1. The molecule has 4 rings (SSSR count). The van der Waals surface area contributed by atoms with Crippen LogP contribution in [0.2, 0.25) is 5.02 Å². The Bertz CT molecular complexity index is 1080. The molecule has 0 radical (unpaired) electrons. The van der Waals surface area contributed by atoms with E-state index < -0.39 is 0 Å². The summed E-state index contributed by atoms with van der Waals surface area (Å²) < 4.78 is 1.98. The summed E-state index contributed by atoms with van der Waals surface area (Å²) in [7, 11) is 0. The van der Waals surface area contributed by atoms with Crippen LogP contribution >= 0.6 is 11.6 Å². The minimum absolute atomic E-state index is 0.0261. The molecule has 0 fully saturated rings. The van der Waals surface area contributed by atoms with Crippen molar-refractivity contribution in [2.75, 3.05) is 0 Å². The van der Waals surface area contributed by atoms with E-state index in [0.29, 0.717) is 10.6 Å². The number of para-hydroxylation sites is 2. The third kappa shape index (κ3) is 3.14. The summed E-state index contributed by atoms with van der Waals surface area (Å²) in [5, 5.41) is 0.620. The Labute approximate surface area is 156 Å². The number of imidazole rings is 1. The number of rotatable bonds is 4. The minimum Gasteiger partial charge on any atom is -0.316 e. The molecule has 0 spiro atoms. The maximum atomic E-state index is 12.8. The molecule has 0 unspecified atom stereocenters. The fraction of sp³-hybridized carbons (Fsp3) is 0.0909. The second-order valence-corrected chi connectivity index (χ2v) is 6.74. The Morgan fingerprint density at radius 1 is 0.962 bits per heavy atom. The van der Waals surface area contributed by atoms with Crippen LogP contribution in [-0.2, 0) is 6.54 Å². The quantitative estimate of drug-likeness (QED) is 0.447. The van der Waals surface area contributed by atoms with E-state index in [9.17, 15) is 4.79 Å². The molecule has 3 nitrogen and oxygen atoms in total. The van der Waals surface area contributed by atoms with Crippen molar-refractivity contribution in [1.82, 2.24) is 9.55 Å². The number of Topliss-reactive ketones (excluding diaryl/α,β-unsaturated/α-hetero) is 1. The molecule has 3 aromatic carbocycles. The van der Waals surface area contributed by atoms with Gasteiger partial charge in [-0.05, 0) is 43.3 Å². The lowest BCUT2D eigenvalue weighted by Gasteiger charge is -2.09. The smallest absolute Gasteiger partial charge is 0.182 e. The first-order chi connectivity index (χ1) is 12.6. The number of hydrogen-bond donors (Lipinski definition) is 0. The van der Waals surface area contributed by atoms with Crippen molar-refractivity contribution in [3.63, 3.8) is 0 Å². The highest BCUT2D eigenvalue weighted by molar-refractivity contribution is 6.30. The fourth-order valence-electron chi connectivity index (χ4n) is 3.03. The number of hydrogen-bond acceptors (Lipinski definition) is 2. The maximum Gasteiger partial charge on any atom is 0.182 e. The zero-order valence-corrected chi connectivity index (χ0v) is 15.1. The lowest BCUT2D eigenvalue weighted by molar-refractivity contribution is 0.0974. The number of halogens is 1. The molecule has 128 valence electrons. The summed E-state index contributed by atoms with van der Waals surface area (Å²) in [5.74, 6) is 0.826. The number of aryl methyl sites for hydroxylation is 1. The number of nitrogens with zero attached hydrogens (tertiary/aromatic N) is 2. The van der Waals surface area contributed by atoms with Crippen LogP contribution < -0.4 is 0 Å². The summed E-state index contributed by atoms with van der Waals surface area (Å²) >= 11 is 5.93. The first kappa shape index (κ1) is 16.6. The van der Waals surface area contributed by atoms with E-state index in [0.717, 1.165) is 22.4 Å². The van der Waals surface area contributed by atoms with Gasteiger partial charge in [0, 0.05) is 16.1 Å². The summed E-state index contributed by atoms with van der Waals surface area (Å²) in [4.78, 5) is 17.6. The van der Waals surface area contributed by atoms with Crippen molar-refractivity contribution < 1.29 is 4.79 Å². The largest absolute Gasteiger partial charge is 0.316 e. The Balaban J connectivity index is 1.79. The highest BCUT2D eigenvalue weighted by Crippen LogP contribution is 2.25. The van der Waals surface area contributed by atoms with Crippen molar-refractivity contribution in [2.24, 2.45) is 0 Å². The van der Waals surface area contributed by atoms with E-state index in [4.69, 9.17) is 16.6 Å². The second kappa shape index (κ2) is 6.77. The average molecular weight is 361 g/mol. The molecular weight excluding hydrogens is 344 g/mol. The van der Waals surface area contributed by atoms with Crippen LogP contribution in [0.3, 0.4) is 0 Å². The predicted octanol–water partition coefficient (Wildman–Crippen LogP) is 5.55. The van der Waals surface area contributed by atoms with E-state index in [-0.39, 0.29) is 12.3 Å². The molecule has 4 aromatic rings. The third-order valence-corrected chi connectivity index (χ3v) is 4.68. The molecule has 0 saturated carbocycles. The van der Waals surface area contributed by atoms with Crippen LogP contribution in [0.4, 0.5) is 0 Å². The zero-order chi connectivity index (χ0) is 18.1. The third-order valence-electron chi connectivity index (χ3n) is 4.43. The van der Waals surface area contributed by atoms with Gasteiger partial charge in [-0.25, -0.2) is 4.98 Å². The van der Waals surface area contributed by atoms with Gasteiger partial charge in [0.1, 0.15) is 5.82 Å². The lowest BCUT2D eigenvalue weighted by Crippen LogP contribution is -2.11. The van der Waals surface area contributed by atoms with Crippen LogP contribution in [0.25, 0.3) is 22.4 Å². The molecule has 0 atom stereocenters. The number of carbonyl (C=O) groups excluding carboxylic acids is 1. The lowest BCUT2D eigenvalue weighted by atomic mass is 10.1. The van der Waals surface area contributed by atoms with Gasteiger partial charge < -0.3 is 4.57 Å². The van der Waals surface area contributed by atoms with Gasteiger partial charge in [-0.15, -0.1) is 0 Å². The van der Waals surface area contributed by atoms with E-state index in [1.807, 2.05) is 41.0 Å². The van der Waals surface area contributed by atoms with Crippen molar-refractivity contribution in [2.45, 2.75) is 13.5 Å². The fourth-order valence-corrected chi connectivity index (χ4v) is 3.16. The molecule has 0 saturated heterocycles. The molecule has 0 aliphatic heterocycles. The monoisotopic (exact) mass is 360 g/mol. The van der Waals surface area contributed by atoms with Gasteiger partial charge in [0.25, 0.3) is 0 Å². The van der Waals surface area contributed by atoms with Crippen molar-refractivity contribution in [3.8, 4) is 11.4 Å². The van der Waals surface area contributed by atoms with Crippen molar-refractivity contribution in [1.29, 1.82) is 0 Å². The molecular formula is C22H17ClN2O. The molecule has 1 heterocycles. The standard InChI is InChI=1S/C22H17ClN2O/c1-15-6-8-17(9-7-15)22-24-19-4-2-3-5-20(19)25(22)14-21(26)16-10-12-18(23)13-11-16/h2-13H,14H2,1H3. The SMILES string of the molecule is Cc1ccc(-c2nc3ccccc3n2CC(=O)c2ccc(Cl)cc2)cc1. The molecule has 0 aliphatic rings. The first-order valence-electron chi connectivity index (χ1n) is 8.43. The highest BCUT2D eigenvalue weighted by atomic mass is 35.5. The average Bonchev–Trinajstić information content (AvgIpc) is 3.01. The number of aromatic nitrogens is 2. The van der Waals surface area contributed by atoms with E-state index in [2.05, 4.69) is 19.1 Å². The van der Waals surface area contributed by atoms with Gasteiger partial charge in [0.15, 0.2) is 5.78 Å². The number of fused-ring (bicyclic) bond motifs is 1. The van der Waals surface area contributed by atoms with E-state index >= 15 is 0 Å². The van der Waals surface area contributed by atoms with E-state index in [1.165, 1.54) is 5.56 Å².